The maximum Gasteiger partial charge on any atom is 0.282 e. The van der Waals surface area contributed by atoms with Crippen molar-refractivity contribution in [2.75, 3.05) is 65.0 Å². The molecule has 39 heavy (non-hydrogen) atoms. The number of alkyl halides is 2. The molecule has 9 nitrogen and oxygen atoms in total. The van der Waals surface area contributed by atoms with Crippen molar-refractivity contribution in [2.45, 2.75) is 38.0 Å². The normalized spacial score (nSPS) is 20.7. The van der Waals surface area contributed by atoms with Gasteiger partial charge in [-0.25, -0.2) is 17.2 Å². The number of carbonyl (C=O) groups is 1. The molecule has 3 fully saturated rings. The minimum atomic E-state index is -3.72. The first-order chi connectivity index (χ1) is 18.6. The van der Waals surface area contributed by atoms with Gasteiger partial charge in [0.2, 0.25) is 10.0 Å². The first-order valence-electron chi connectivity index (χ1n) is 13.3. The molecule has 0 atom stereocenters. The fraction of sp³-hybridized carbons (Fsp3) is 0.519. The molecule has 0 unspecified atom stereocenters. The number of carbonyl (C=O) groups excluding carboxylic acids is 1. The monoisotopic (exact) mass is 562 g/mol. The molecular formula is C27H32F2N4O5S. The lowest BCUT2D eigenvalue weighted by Crippen LogP contribution is -2.56. The van der Waals surface area contributed by atoms with E-state index in [1.165, 1.54) is 17.7 Å². The molecule has 1 aliphatic carbocycles. The number of anilines is 4. The maximum absolute atomic E-state index is 13.6. The summed E-state index contributed by atoms with van der Waals surface area (Å²) >= 11 is 0. The van der Waals surface area contributed by atoms with Crippen molar-refractivity contribution in [1.82, 2.24) is 0 Å². The predicted octanol–water partition coefficient (Wildman–Crippen LogP) is 3.44. The molecule has 3 heterocycles. The third-order valence-corrected chi connectivity index (χ3v) is 9.48. The van der Waals surface area contributed by atoms with Crippen LogP contribution in [0.25, 0.3) is 0 Å². The third kappa shape index (κ3) is 5.36. The Hall–Kier alpha value is -3.12. The van der Waals surface area contributed by atoms with Crippen molar-refractivity contribution in [3.05, 3.63) is 41.5 Å². The summed E-state index contributed by atoms with van der Waals surface area (Å²) in [5, 5.41) is 12.1. The number of sulfonamides is 1. The molecule has 0 radical (unpaired) electrons. The Bertz CT molecular complexity index is 1400. The van der Waals surface area contributed by atoms with Crippen molar-refractivity contribution < 1.29 is 31.8 Å². The Morgan fingerprint density at radius 2 is 1.77 bits per heavy atom. The molecule has 3 N–H and O–H groups in total. The Balaban J connectivity index is 1.28. The second kappa shape index (κ2) is 9.51. The van der Waals surface area contributed by atoms with Crippen LogP contribution in [-0.2, 0) is 16.4 Å². The highest BCUT2D eigenvalue weighted by atomic mass is 32.2. The van der Waals surface area contributed by atoms with E-state index in [9.17, 15) is 22.0 Å². The number of halogens is 2. The molecule has 210 valence electrons. The van der Waals surface area contributed by atoms with Crippen LogP contribution in [0.1, 0.15) is 41.6 Å². The number of aliphatic hydroxyl groups is 1. The number of nitrogens with zero attached hydrogens (tertiary/aromatic N) is 2. The number of aliphatic hydroxyl groups excluding tert-OH is 1. The first-order valence-corrected chi connectivity index (χ1v) is 14.9. The number of ether oxygens (including phenoxy) is 1. The van der Waals surface area contributed by atoms with Crippen molar-refractivity contribution in [3.63, 3.8) is 0 Å². The van der Waals surface area contributed by atoms with E-state index in [4.69, 9.17) is 9.84 Å². The van der Waals surface area contributed by atoms with Gasteiger partial charge in [0.25, 0.3) is 11.8 Å². The summed E-state index contributed by atoms with van der Waals surface area (Å²) < 4.78 is 59.9. The summed E-state index contributed by atoms with van der Waals surface area (Å²) in [4.78, 5) is 17.2. The number of fused-ring (bicyclic) bond motifs is 1. The fourth-order valence-corrected chi connectivity index (χ4v) is 6.57. The number of benzene rings is 2. The maximum atomic E-state index is 13.6. The molecule has 4 aliphatic rings. The average Bonchev–Trinajstić information content (AvgIpc) is 3.44. The molecule has 2 aromatic carbocycles. The topological polar surface area (TPSA) is 111 Å². The quantitative estimate of drug-likeness (QED) is 0.452. The molecule has 6 rings (SSSR count). The van der Waals surface area contributed by atoms with Crippen molar-refractivity contribution >= 4 is 38.7 Å². The van der Waals surface area contributed by atoms with Gasteiger partial charge >= 0.3 is 0 Å². The third-order valence-electron chi connectivity index (χ3n) is 8.21. The Kier molecular flexibility index (Phi) is 6.37. The summed E-state index contributed by atoms with van der Waals surface area (Å²) in [6, 6.07) is 8.29. The fourth-order valence-electron chi connectivity index (χ4n) is 5.74. The van der Waals surface area contributed by atoms with Crippen LogP contribution in [0.4, 0.5) is 31.5 Å². The summed E-state index contributed by atoms with van der Waals surface area (Å²) in [5.41, 5.74) is 3.67. The highest BCUT2D eigenvalue weighted by Gasteiger charge is 2.46. The second-order valence-electron chi connectivity index (χ2n) is 11.1. The minimum absolute atomic E-state index is 0.346. The highest BCUT2D eigenvalue weighted by molar-refractivity contribution is 7.92. The second-order valence-corrected chi connectivity index (χ2v) is 13.0. The molecule has 1 amide bonds. The molecule has 3 aliphatic heterocycles. The van der Waals surface area contributed by atoms with Crippen LogP contribution in [0.5, 0.6) is 5.75 Å². The number of amides is 1. The molecular weight excluding hydrogens is 530 g/mol. The predicted molar refractivity (Wildman–Crippen MR) is 145 cm³/mol. The van der Waals surface area contributed by atoms with E-state index < -0.39 is 41.4 Å². The van der Waals surface area contributed by atoms with Gasteiger partial charge in [-0.15, -0.1) is 0 Å². The van der Waals surface area contributed by atoms with E-state index in [1.54, 1.807) is 30.3 Å². The molecule has 12 heteroatoms. The van der Waals surface area contributed by atoms with Crippen LogP contribution in [0, 0.1) is 5.41 Å². The summed E-state index contributed by atoms with van der Waals surface area (Å²) in [6.07, 6.45) is 5.14. The van der Waals surface area contributed by atoms with Gasteiger partial charge in [-0.3, -0.25) is 9.52 Å². The number of hydrogen-bond acceptors (Lipinski definition) is 7. The minimum Gasteiger partial charge on any atom is -0.491 e. The van der Waals surface area contributed by atoms with Crippen molar-refractivity contribution in [3.8, 4) is 5.75 Å². The van der Waals surface area contributed by atoms with Crippen LogP contribution in [0.3, 0.4) is 0 Å². The lowest BCUT2D eigenvalue weighted by Gasteiger charge is -2.41. The molecule has 0 bridgehead atoms. The average molecular weight is 563 g/mol. The van der Waals surface area contributed by atoms with Crippen LogP contribution in [-0.4, -0.2) is 70.5 Å². The van der Waals surface area contributed by atoms with Gasteiger partial charge in [0.05, 0.1) is 54.8 Å². The van der Waals surface area contributed by atoms with Crippen LogP contribution in [0.15, 0.2) is 30.3 Å². The standard InChI is InChI=1S/C27H32F2N4O5S/c28-27(29)16-33(17-27)23-14-19(13-18-3-11-38-24(18)23)25(35)30-21-2-1-20(31-39(36,37)12-10-34)15-22(21)32-8-6-26(4-5-26)7-9-32/h1-2,13-15,31,34H,3-12,16-17H2,(H,30,35). The molecule has 1 saturated carbocycles. The molecule has 0 aromatic heterocycles. The number of hydrogen-bond donors (Lipinski definition) is 3. The van der Waals surface area contributed by atoms with Gasteiger partial charge in [-0.05, 0) is 61.4 Å². The van der Waals surface area contributed by atoms with Crippen LogP contribution >= 0.6 is 0 Å². The van der Waals surface area contributed by atoms with Gasteiger partial charge in [0.15, 0.2) is 0 Å². The van der Waals surface area contributed by atoms with Gasteiger partial charge in [-0.2, -0.15) is 0 Å². The van der Waals surface area contributed by atoms with E-state index in [2.05, 4.69) is 14.9 Å². The van der Waals surface area contributed by atoms with Gasteiger partial charge < -0.3 is 25.0 Å². The van der Waals surface area contributed by atoms with Gasteiger partial charge in [0, 0.05) is 30.6 Å². The Morgan fingerprint density at radius 1 is 1.03 bits per heavy atom. The van der Waals surface area contributed by atoms with Crippen molar-refractivity contribution in [2.24, 2.45) is 5.41 Å². The lowest BCUT2D eigenvalue weighted by atomic mass is 9.93. The Morgan fingerprint density at radius 3 is 2.44 bits per heavy atom. The van der Waals surface area contributed by atoms with E-state index in [0.29, 0.717) is 52.5 Å². The number of rotatable bonds is 8. The van der Waals surface area contributed by atoms with E-state index >= 15 is 0 Å². The SMILES string of the molecule is O=C(Nc1ccc(NS(=O)(=O)CCO)cc1N1CCC2(CC1)CC2)c1cc2c(c(N3CC(F)(F)C3)c1)OCC2. The van der Waals surface area contributed by atoms with Gasteiger partial charge in [-0.1, -0.05) is 0 Å². The van der Waals surface area contributed by atoms with Crippen molar-refractivity contribution in [1.29, 1.82) is 0 Å². The van der Waals surface area contributed by atoms with Gasteiger partial charge in [0.1, 0.15) is 5.75 Å². The number of piperidine rings is 1. The lowest BCUT2D eigenvalue weighted by molar-refractivity contribution is -0.0264. The van der Waals surface area contributed by atoms with E-state index in [-0.39, 0.29) is 5.91 Å². The zero-order valence-electron chi connectivity index (χ0n) is 21.5. The zero-order valence-corrected chi connectivity index (χ0v) is 22.3. The largest absolute Gasteiger partial charge is 0.491 e. The van der Waals surface area contributed by atoms with Crippen LogP contribution in [0.2, 0.25) is 0 Å². The Labute approximate surface area is 226 Å². The van der Waals surface area contributed by atoms with E-state index in [1.807, 2.05) is 0 Å². The smallest absolute Gasteiger partial charge is 0.282 e. The molecule has 2 saturated heterocycles. The summed E-state index contributed by atoms with van der Waals surface area (Å²) in [7, 11) is -3.72. The number of nitrogens with one attached hydrogen (secondary N) is 2. The molecule has 2 aromatic rings. The molecule has 1 spiro atoms. The van der Waals surface area contributed by atoms with E-state index in [0.717, 1.165) is 31.5 Å². The summed E-state index contributed by atoms with van der Waals surface area (Å²) in [5.74, 6) is -3.00. The summed E-state index contributed by atoms with van der Waals surface area (Å²) in [6.45, 7) is 0.696. The van der Waals surface area contributed by atoms with Crippen LogP contribution < -0.4 is 24.6 Å². The highest BCUT2D eigenvalue weighted by Crippen LogP contribution is 2.54. The first kappa shape index (κ1) is 26.1. The zero-order chi connectivity index (χ0) is 27.4.